The number of pyridine rings is 1. The summed E-state index contributed by atoms with van der Waals surface area (Å²) in [5, 5.41) is 13.3. The molecule has 6 heteroatoms. The highest BCUT2D eigenvalue weighted by atomic mass is 16.5. The van der Waals surface area contributed by atoms with Crippen LogP contribution >= 0.6 is 0 Å². The van der Waals surface area contributed by atoms with E-state index in [0.29, 0.717) is 26.2 Å². The second-order valence-electron chi connectivity index (χ2n) is 6.13. The molecule has 1 atom stereocenters. The van der Waals surface area contributed by atoms with Crippen molar-refractivity contribution in [3.8, 4) is 0 Å². The third-order valence-electron chi connectivity index (χ3n) is 4.18. The monoisotopic (exact) mass is 331 g/mol. The number of ether oxygens (including phenoxy) is 1. The van der Waals surface area contributed by atoms with Crippen molar-refractivity contribution in [1.82, 2.24) is 10.3 Å². The highest BCUT2D eigenvalue weighted by Gasteiger charge is 2.20. The van der Waals surface area contributed by atoms with Crippen molar-refractivity contribution in [2.24, 2.45) is 0 Å². The number of hydrogen-bond donors (Lipinski definition) is 2. The Labute approximate surface area is 142 Å². The first-order chi connectivity index (χ1) is 11.8. The number of aliphatic hydroxyl groups excluding tert-OH is 1. The Kier molecular flexibility index (Phi) is 5.85. The molecule has 0 amide bonds. The van der Waals surface area contributed by atoms with Gasteiger partial charge in [-0.25, -0.2) is 4.98 Å². The molecule has 0 aliphatic carbocycles. The van der Waals surface area contributed by atoms with Gasteiger partial charge in [0, 0.05) is 38.5 Å². The molecule has 0 bridgehead atoms. The molecule has 3 heterocycles. The summed E-state index contributed by atoms with van der Waals surface area (Å²) >= 11 is 0. The number of β-amino-alcohol motifs (C(OH)–C–C–N with tert-alkyl or cyclic N) is 1. The molecular formula is C18H25N3O3. The quantitative estimate of drug-likeness (QED) is 0.809. The van der Waals surface area contributed by atoms with Crippen molar-refractivity contribution < 1.29 is 14.3 Å². The first-order valence-corrected chi connectivity index (χ1v) is 8.40. The van der Waals surface area contributed by atoms with Crippen LogP contribution in [0.5, 0.6) is 0 Å². The van der Waals surface area contributed by atoms with E-state index in [2.05, 4.69) is 21.3 Å². The summed E-state index contributed by atoms with van der Waals surface area (Å²) in [6.07, 6.45) is 3.42. The zero-order valence-electron chi connectivity index (χ0n) is 14.1. The van der Waals surface area contributed by atoms with E-state index < -0.39 is 0 Å². The average Bonchev–Trinajstić information content (AvgIpc) is 3.03. The van der Waals surface area contributed by atoms with E-state index in [-0.39, 0.29) is 6.10 Å². The van der Waals surface area contributed by atoms with Crippen LogP contribution < -0.4 is 10.2 Å². The predicted octanol–water partition coefficient (Wildman–Crippen LogP) is 2.07. The molecule has 3 rings (SSSR count). The highest BCUT2D eigenvalue weighted by Crippen LogP contribution is 2.22. The number of hydrogen-bond acceptors (Lipinski definition) is 6. The van der Waals surface area contributed by atoms with Gasteiger partial charge >= 0.3 is 0 Å². The van der Waals surface area contributed by atoms with E-state index in [1.54, 1.807) is 7.11 Å². The van der Waals surface area contributed by atoms with Gasteiger partial charge in [-0.2, -0.15) is 0 Å². The van der Waals surface area contributed by atoms with Crippen LogP contribution in [0.1, 0.15) is 29.9 Å². The molecule has 1 aliphatic heterocycles. The van der Waals surface area contributed by atoms with Crippen molar-refractivity contribution in [3.05, 3.63) is 47.5 Å². The van der Waals surface area contributed by atoms with Gasteiger partial charge in [-0.15, -0.1) is 0 Å². The Morgan fingerprint density at radius 2 is 2.21 bits per heavy atom. The fourth-order valence-electron chi connectivity index (χ4n) is 3.06. The second-order valence-corrected chi connectivity index (χ2v) is 6.13. The third kappa shape index (κ3) is 4.35. The summed E-state index contributed by atoms with van der Waals surface area (Å²) in [6.45, 7) is 3.45. The molecule has 2 aromatic rings. The van der Waals surface area contributed by atoms with Crippen molar-refractivity contribution in [1.29, 1.82) is 0 Å². The molecule has 6 nitrogen and oxygen atoms in total. The van der Waals surface area contributed by atoms with Crippen LogP contribution in [0.15, 0.2) is 34.9 Å². The standard InChI is InChI=1S/C18H25N3O3/c1-23-13-17-7-6-16(24-17)11-19-10-14-4-2-8-20-18(14)21-9-3-5-15(22)12-21/h2,4,6-8,15,19,22H,3,5,9-13H2,1H3/t15-/m0/s1. The largest absolute Gasteiger partial charge is 0.462 e. The SMILES string of the molecule is COCc1ccc(CNCc2cccnc2N2CCC[C@H](O)C2)o1. The maximum absolute atomic E-state index is 9.89. The number of anilines is 1. The van der Waals surface area contributed by atoms with Crippen molar-refractivity contribution in [3.63, 3.8) is 0 Å². The van der Waals surface area contributed by atoms with Crippen LogP contribution in [0.4, 0.5) is 5.82 Å². The maximum Gasteiger partial charge on any atom is 0.133 e. The summed E-state index contributed by atoms with van der Waals surface area (Å²) in [6, 6.07) is 7.93. The van der Waals surface area contributed by atoms with Crippen LogP contribution in [0.2, 0.25) is 0 Å². The molecular weight excluding hydrogens is 306 g/mol. The number of methoxy groups -OCH3 is 1. The molecule has 0 saturated carbocycles. The molecule has 130 valence electrons. The van der Waals surface area contributed by atoms with E-state index in [1.807, 2.05) is 24.4 Å². The fourth-order valence-corrected chi connectivity index (χ4v) is 3.06. The molecule has 1 saturated heterocycles. The van der Waals surface area contributed by atoms with E-state index in [1.165, 1.54) is 0 Å². The Hall–Kier alpha value is -1.89. The van der Waals surface area contributed by atoms with Gasteiger partial charge in [0.1, 0.15) is 23.9 Å². The zero-order valence-corrected chi connectivity index (χ0v) is 14.1. The molecule has 1 fully saturated rings. The summed E-state index contributed by atoms with van der Waals surface area (Å²) in [4.78, 5) is 6.70. The van der Waals surface area contributed by atoms with Crippen LogP contribution in [-0.2, 0) is 24.4 Å². The van der Waals surface area contributed by atoms with Gasteiger partial charge in [-0.3, -0.25) is 0 Å². The summed E-state index contributed by atoms with van der Waals surface area (Å²) in [5.74, 6) is 2.68. The Bertz CT molecular complexity index is 644. The molecule has 0 spiro atoms. The molecule has 0 radical (unpaired) electrons. The zero-order chi connectivity index (χ0) is 16.8. The first kappa shape index (κ1) is 17.0. The van der Waals surface area contributed by atoms with Crippen molar-refractivity contribution >= 4 is 5.82 Å². The third-order valence-corrected chi connectivity index (χ3v) is 4.18. The Balaban J connectivity index is 1.58. The van der Waals surface area contributed by atoms with E-state index in [4.69, 9.17) is 9.15 Å². The van der Waals surface area contributed by atoms with E-state index in [0.717, 1.165) is 42.3 Å². The topological polar surface area (TPSA) is 70.8 Å². The van der Waals surface area contributed by atoms with Gasteiger partial charge in [0.05, 0.1) is 12.6 Å². The molecule has 2 N–H and O–H groups in total. The lowest BCUT2D eigenvalue weighted by Gasteiger charge is -2.32. The number of rotatable bonds is 7. The predicted molar refractivity (Wildman–Crippen MR) is 91.7 cm³/mol. The maximum atomic E-state index is 9.89. The minimum atomic E-state index is -0.260. The number of furan rings is 1. The number of nitrogens with zero attached hydrogens (tertiary/aromatic N) is 2. The fraction of sp³-hybridized carbons (Fsp3) is 0.500. The first-order valence-electron chi connectivity index (χ1n) is 8.40. The van der Waals surface area contributed by atoms with Crippen molar-refractivity contribution in [2.45, 2.75) is 38.6 Å². The van der Waals surface area contributed by atoms with Gasteiger partial charge < -0.3 is 24.5 Å². The Morgan fingerprint density at radius 3 is 3.04 bits per heavy atom. The van der Waals surface area contributed by atoms with E-state index >= 15 is 0 Å². The molecule has 24 heavy (non-hydrogen) atoms. The summed E-state index contributed by atoms with van der Waals surface area (Å²) in [7, 11) is 1.65. The van der Waals surface area contributed by atoms with E-state index in [9.17, 15) is 5.11 Å². The Morgan fingerprint density at radius 1 is 1.33 bits per heavy atom. The molecule has 1 aliphatic rings. The lowest BCUT2D eigenvalue weighted by molar-refractivity contribution is 0.153. The lowest BCUT2D eigenvalue weighted by atomic mass is 10.1. The van der Waals surface area contributed by atoms with Gasteiger partial charge in [0.2, 0.25) is 0 Å². The number of piperidine rings is 1. The normalized spacial score (nSPS) is 18.1. The van der Waals surface area contributed by atoms with Gasteiger partial charge in [0.15, 0.2) is 0 Å². The minimum absolute atomic E-state index is 0.260. The molecule has 0 aromatic carbocycles. The molecule has 2 aromatic heterocycles. The highest BCUT2D eigenvalue weighted by molar-refractivity contribution is 5.47. The smallest absolute Gasteiger partial charge is 0.133 e. The second kappa shape index (κ2) is 8.28. The van der Waals surface area contributed by atoms with Crippen LogP contribution in [0, 0.1) is 0 Å². The number of aliphatic hydroxyl groups is 1. The van der Waals surface area contributed by atoms with Crippen molar-refractivity contribution in [2.75, 3.05) is 25.1 Å². The van der Waals surface area contributed by atoms with Crippen LogP contribution in [0.3, 0.4) is 0 Å². The number of aromatic nitrogens is 1. The van der Waals surface area contributed by atoms with Gasteiger partial charge in [-0.1, -0.05) is 6.07 Å². The average molecular weight is 331 g/mol. The summed E-state index contributed by atoms with van der Waals surface area (Å²) in [5.41, 5.74) is 1.13. The van der Waals surface area contributed by atoms with Crippen LogP contribution in [0.25, 0.3) is 0 Å². The number of nitrogens with one attached hydrogen (secondary N) is 1. The van der Waals surface area contributed by atoms with Crippen LogP contribution in [-0.4, -0.2) is 36.4 Å². The summed E-state index contributed by atoms with van der Waals surface area (Å²) < 4.78 is 10.7. The minimum Gasteiger partial charge on any atom is -0.462 e. The van der Waals surface area contributed by atoms with Gasteiger partial charge in [-0.05, 0) is 31.0 Å². The van der Waals surface area contributed by atoms with Gasteiger partial charge in [0.25, 0.3) is 0 Å². The lowest BCUT2D eigenvalue weighted by Crippen LogP contribution is -2.39. The molecule has 0 unspecified atom stereocenters.